The van der Waals surface area contributed by atoms with E-state index in [9.17, 15) is 0 Å². The Morgan fingerprint density at radius 2 is 2.07 bits per heavy atom. The molecule has 3 heteroatoms. The van der Waals surface area contributed by atoms with Gasteiger partial charge in [-0.15, -0.1) is 0 Å². The van der Waals surface area contributed by atoms with Gasteiger partial charge < -0.3 is 5.73 Å². The predicted octanol–water partition coefficient (Wildman–Crippen LogP) is 1.84. The normalized spacial score (nSPS) is 11.0. The molecule has 2 N–H and O–H groups in total. The zero-order valence-corrected chi connectivity index (χ0v) is 8.38. The summed E-state index contributed by atoms with van der Waals surface area (Å²) in [6.07, 6.45) is 7.63. The van der Waals surface area contributed by atoms with Gasteiger partial charge in [-0.05, 0) is 23.8 Å². The van der Waals surface area contributed by atoms with Crippen LogP contribution < -0.4 is 5.73 Å². The molecule has 0 atom stereocenters. The molecule has 0 spiro atoms. The molecule has 0 unspecified atom stereocenters. The Labute approximate surface area is 88.8 Å². The van der Waals surface area contributed by atoms with Crippen LogP contribution in [0.25, 0.3) is 11.8 Å². The number of benzene rings is 1. The third kappa shape index (κ3) is 2.33. The van der Waals surface area contributed by atoms with Crippen LogP contribution in [-0.2, 0) is 0 Å². The Hall–Kier alpha value is -1.87. The fraction of sp³-hybridized carbons (Fsp3) is 0.0833. The Bertz CT molecular complexity index is 426. The summed E-state index contributed by atoms with van der Waals surface area (Å²) in [5.41, 5.74) is 7.59. The van der Waals surface area contributed by atoms with Crippen LogP contribution in [-0.4, -0.2) is 16.3 Å². The van der Waals surface area contributed by atoms with E-state index in [1.807, 2.05) is 53.4 Å². The molecule has 15 heavy (non-hydrogen) atoms. The van der Waals surface area contributed by atoms with Crippen molar-refractivity contribution >= 4 is 6.08 Å². The molecule has 0 radical (unpaired) electrons. The first kappa shape index (κ1) is 9.68. The highest BCUT2D eigenvalue weighted by Crippen LogP contribution is 2.09. The lowest BCUT2D eigenvalue weighted by atomic mass is 10.2. The minimum Gasteiger partial charge on any atom is -0.327 e. The Kier molecular flexibility index (Phi) is 2.95. The van der Waals surface area contributed by atoms with Gasteiger partial charge >= 0.3 is 0 Å². The fourth-order valence-electron chi connectivity index (χ4n) is 1.36. The van der Waals surface area contributed by atoms with Gasteiger partial charge in [0.15, 0.2) is 0 Å². The number of aromatic nitrogens is 2. The Morgan fingerprint density at radius 3 is 2.67 bits per heavy atom. The van der Waals surface area contributed by atoms with Crippen molar-refractivity contribution in [3.63, 3.8) is 0 Å². The summed E-state index contributed by atoms with van der Waals surface area (Å²) in [6.45, 7) is 0.570. The van der Waals surface area contributed by atoms with E-state index in [1.165, 1.54) is 0 Å². The van der Waals surface area contributed by atoms with Crippen molar-refractivity contribution in [1.29, 1.82) is 0 Å². The maximum Gasteiger partial charge on any atom is 0.0645 e. The van der Waals surface area contributed by atoms with Crippen LogP contribution in [0, 0.1) is 0 Å². The van der Waals surface area contributed by atoms with Gasteiger partial charge in [0, 0.05) is 18.9 Å². The lowest BCUT2D eigenvalue weighted by Gasteiger charge is -2.01. The van der Waals surface area contributed by atoms with Crippen LogP contribution in [0.4, 0.5) is 0 Å². The average Bonchev–Trinajstić information content (AvgIpc) is 2.80. The van der Waals surface area contributed by atoms with E-state index in [4.69, 9.17) is 5.73 Å². The van der Waals surface area contributed by atoms with E-state index in [0.29, 0.717) is 6.54 Å². The molecule has 0 aliphatic heterocycles. The van der Waals surface area contributed by atoms with Gasteiger partial charge in [0.25, 0.3) is 0 Å². The van der Waals surface area contributed by atoms with Crippen LogP contribution in [0.2, 0.25) is 0 Å². The molecule has 0 aliphatic rings. The van der Waals surface area contributed by atoms with Crippen LogP contribution in [0.15, 0.2) is 48.8 Å². The topological polar surface area (TPSA) is 43.8 Å². The number of nitrogens with two attached hydrogens (primary N) is 1. The fourth-order valence-corrected chi connectivity index (χ4v) is 1.36. The number of hydrogen-bond donors (Lipinski definition) is 1. The zero-order valence-electron chi connectivity index (χ0n) is 8.38. The third-order valence-electron chi connectivity index (χ3n) is 2.11. The summed E-state index contributed by atoms with van der Waals surface area (Å²) < 4.78 is 1.83. The lowest BCUT2D eigenvalue weighted by molar-refractivity contribution is 0.880. The van der Waals surface area contributed by atoms with E-state index in [2.05, 4.69) is 5.10 Å². The molecule has 2 rings (SSSR count). The Morgan fingerprint density at radius 1 is 1.27 bits per heavy atom. The van der Waals surface area contributed by atoms with Crippen LogP contribution in [0.3, 0.4) is 0 Å². The van der Waals surface area contributed by atoms with Crippen molar-refractivity contribution in [2.45, 2.75) is 0 Å². The maximum atomic E-state index is 5.38. The largest absolute Gasteiger partial charge is 0.327 e. The smallest absolute Gasteiger partial charge is 0.0645 e. The van der Waals surface area contributed by atoms with Gasteiger partial charge in [-0.1, -0.05) is 24.3 Å². The van der Waals surface area contributed by atoms with Gasteiger partial charge in [-0.2, -0.15) is 5.10 Å². The minimum atomic E-state index is 0.570. The molecule has 1 heterocycles. The SMILES string of the molecule is NCC=Cc1ccc(-n2cccn2)cc1. The molecule has 0 amide bonds. The summed E-state index contributed by atoms with van der Waals surface area (Å²) >= 11 is 0. The second kappa shape index (κ2) is 4.57. The molecule has 2 aromatic rings. The first-order valence-corrected chi connectivity index (χ1v) is 4.87. The van der Waals surface area contributed by atoms with E-state index in [1.54, 1.807) is 6.20 Å². The van der Waals surface area contributed by atoms with Gasteiger partial charge in [-0.3, -0.25) is 0 Å². The molecule has 1 aromatic heterocycles. The zero-order chi connectivity index (χ0) is 10.5. The second-order valence-corrected chi connectivity index (χ2v) is 3.18. The van der Waals surface area contributed by atoms with Gasteiger partial charge in [0.2, 0.25) is 0 Å². The lowest BCUT2D eigenvalue weighted by Crippen LogP contribution is -1.94. The molecule has 0 saturated heterocycles. The monoisotopic (exact) mass is 199 g/mol. The van der Waals surface area contributed by atoms with Crippen molar-refractivity contribution in [2.75, 3.05) is 6.54 Å². The quantitative estimate of drug-likeness (QED) is 0.819. The molecule has 76 valence electrons. The van der Waals surface area contributed by atoms with E-state index in [-0.39, 0.29) is 0 Å². The highest BCUT2D eigenvalue weighted by Gasteiger charge is 1.94. The first-order valence-electron chi connectivity index (χ1n) is 4.87. The summed E-state index contributed by atoms with van der Waals surface area (Å²) in [4.78, 5) is 0. The third-order valence-corrected chi connectivity index (χ3v) is 2.11. The second-order valence-electron chi connectivity index (χ2n) is 3.18. The highest BCUT2D eigenvalue weighted by atomic mass is 15.3. The molecular formula is C12H13N3. The van der Waals surface area contributed by atoms with Crippen molar-refractivity contribution in [2.24, 2.45) is 5.73 Å². The summed E-state index contributed by atoms with van der Waals surface area (Å²) in [6, 6.07) is 10.1. The molecule has 0 saturated carbocycles. The average molecular weight is 199 g/mol. The van der Waals surface area contributed by atoms with E-state index in [0.717, 1.165) is 11.3 Å². The minimum absolute atomic E-state index is 0.570. The van der Waals surface area contributed by atoms with Gasteiger partial charge in [0.05, 0.1) is 5.69 Å². The molecule has 1 aromatic carbocycles. The predicted molar refractivity (Wildman–Crippen MR) is 61.7 cm³/mol. The Balaban J connectivity index is 2.21. The number of hydrogen-bond acceptors (Lipinski definition) is 2. The molecule has 0 fully saturated rings. The maximum absolute atomic E-state index is 5.38. The van der Waals surface area contributed by atoms with E-state index >= 15 is 0 Å². The van der Waals surface area contributed by atoms with Crippen LogP contribution in [0.5, 0.6) is 0 Å². The van der Waals surface area contributed by atoms with Crippen LogP contribution in [0.1, 0.15) is 5.56 Å². The standard InChI is InChI=1S/C12H13N3/c13-8-1-3-11-4-6-12(7-5-11)15-10-2-9-14-15/h1-7,9-10H,8,13H2. The molecule has 3 nitrogen and oxygen atoms in total. The molecule has 0 aliphatic carbocycles. The van der Waals surface area contributed by atoms with Gasteiger partial charge in [0.1, 0.15) is 0 Å². The highest BCUT2D eigenvalue weighted by molar-refractivity contribution is 5.51. The number of rotatable bonds is 3. The van der Waals surface area contributed by atoms with Gasteiger partial charge in [-0.25, -0.2) is 4.68 Å². The first-order chi connectivity index (χ1) is 7.40. The van der Waals surface area contributed by atoms with Crippen molar-refractivity contribution in [1.82, 2.24) is 9.78 Å². The van der Waals surface area contributed by atoms with E-state index < -0.39 is 0 Å². The van der Waals surface area contributed by atoms with Crippen molar-refractivity contribution in [3.05, 3.63) is 54.4 Å². The molecular weight excluding hydrogens is 186 g/mol. The summed E-state index contributed by atoms with van der Waals surface area (Å²) in [7, 11) is 0. The van der Waals surface area contributed by atoms with Crippen LogP contribution >= 0.6 is 0 Å². The van der Waals surface area contributed by atoms with Crippen molar-refractivity contribution in [3.8, 4) is 5.69 Å². The summed E-state index contributed by atoms with van der Waals surface area (Å²) in [5, 5.41) is 4.16. The van der Waals surface area contributed by atoms with Crippen molar-refractivity contribution < 1.29 is 0 Å². The summed E-state index contributed by atoms with van der Waals surface area (Å²) in [5.74, 6) is 0. The number of nitrogens with zero attached hydrogens (tertiary/aromatic N) is 2. The molecule has 0 bridgehead atoms.